The maximum absolute atomic E-state index is 10.6. The number of hydrogen-bond donors (Lipinski definition) is 0. The molecule has 0 atom stereocenters. The minimum Gasteiger partial charge on any atom is -0.550 e. The van der Waals surface area contributed by atoms with E-state index in [0.717, 1.165) is 44.1 Å². The van der Waals surface area contributed by atoms with Crippen molar-refractivity contribution in [3.8, 4) is 0 Å². The fraction of sp³-hybridized carbons (Fsp3) is 0.722. The fourth-order valence-corrected chi connectivity index (χ4v) is 3.85. The van der Waals surface area contributed by atoms with Crippen molar-refractivity contribution in [1.29, 1.82) is 0 Å². The number of aryl methyl sites for hydroxylation is 1. The molecule has 1 rings (SSSR count). The van der Waals surface area contributed by atoms with Crippen LogP contribution in [0.25, 0.3) is 0 Å². The molecule has 5 heteroatoms. The van der Waals surface area contributed by atoms with Gasteiger partial charge in [-0.3, -0.25) is 0 Å². The zero-order valence-electron chi connectivity index (χ0n) is 27.4. The molecule has 0 aromatic heterocycles. The average Bonchev–Trinajstić information content (AvgIpc) is 2.96. The molecular formula is C36H64O4Sn. The number of carbonyl (C=O) groups excluding carboxylic acids is 2. The predicted octanol–water partition coefficient (Wildman–Crippen LogP) is 8.86. The van der Waals surface area contributed by atoms with Gasteiger partial charge in [0.2, 0.25) is 0 Å². The summed E-state index contributed by atoms with van der Waals surface area (Å²) in [6.45, 7) is 15.7. The van der Waals surface area contributed by atoms with Gasteiger partial charge in [0.05, 0.1) is 5.97 Å². The number of aliphatic carboxylic acids is 1. The zero-order valence-corrected chi connectivity index (χ0v) is 30.3. The SMILES string of the molecule is CCCCCCCCCCCCCCCCCC(=O)[O-].CCCc1ccccc1C(=O)[O-].[CH2]CCC.[CH2]CCC.[Sn+2]. The molecule has 0 aliphatic carbocycles. The summed E-state index contributed by atoms with van der Waals surface area (Å²) in [7, 11) is 0. The molecule has 0 heterocycles. The van der Waals surface area contributed by atoms with Crippen LogP contribution in [0, 0.1) is 13.8 Å². The minimum atomic E-state index is -1.08. The van der Waals surface area contributed by atoms with Gasteiger partial charge in [-0.2, -0.15) is 0 Å². The van der Waals surface area contributed by atoms with Crippen LogP contribution in [0.3, 0.4) is 0 Å². The van der Waals surface area contributed by atoms with E-state index >= 15 is 0 Å². The molecule has 0 N–H and O–H groups in total. The van der Waals surface area contributed by atoms with Crippen molar-refractivity contribution in [1.82, 2.24) is 0 Å². The monoisotopic (exact) mass is 680 g/mol. The van der Waals surface area contributed by atoms with Crippen molar-refractivity contribution in [3.63, 3.8) is 0 Å². The Morgan fingerprint density at radius 2 is 0.951 bits per heavy atom. The third-order valence-electron chi connectivity index (χ3n) is 6.45. The van der Waals surface area contributed by atoms with Crippen LogP contribution in [0.15, 0.2) is 24.3 Å². The molecule has 0 aliphatic heterocycles. The molecular weight excluding hydrogens is 615 g/mol. The zero-order chi connectivity index (χ0) is 30.7. The first-order chi connectivity index (χ1) is 19.4. The Bertz CT molecular complexity index is 640. The molecule has 4 nitrogen and oxygen atoms in total. The van der Waals surface area contributed by atoms with E-state index in [1.54, 1.807) is 12.1 Å². The second kappa shape index (κ2) is 41.1. The summed E-state index contributed by atoms with van der Waals surface area (Å²) in [5, 5.41) is 20.8. The van der Waals surface area contributed by atoms with Crippen LogP contribution in [-0.2, 0) is 11.2 Å². The summed E-state index contributed by atoms with van der Waals surface area (Å²) in [6, 6.07) is 6.97. The first kappa shape index (κ1) is 46.9. The van der Waals surface area contributed by atoms with Crippen molar-refractivity contribution in [2.24, 2.45) is 0 Å². The number of carbonyl (C=O) groups is 2. The van der Waals surface area contributed by atoms with Gasteiger partial charge in [-0.15, -0.1) is 0 Å². The van der Waals surface area contributed by atoms with Crippen molar-refractivity contribution >= 4 is 35.8 Å². The molecule has 0 saturated carbocycles. The minimum absolute atomic E-state index is 0. The van der Waals surface area contributed by atoms with Gasteiger partial charge in [-0.05, 0) is 24.8 Å². The van der Waals surface area contributed by atoms with Crippen molar-refractivity contribution in [3.05, 3.63) is 49.2 Å². The molecule has 0 fully saturated rings. The Hall–Kier alpha value is -1.04. The van der Waals surface area contributed by atoms with Crippen LogP contribution in [0.2, 0.25) is 0 Å². The third-order valence-corrected chi connectivity index (χ3v) is 6.45. The Labute approximate surface area is 272 Å². The molecule has 0 bridgehead atoms. The van der Waals surface area contributed by atoms with Crippen molar-refractivity contribution < 1.29 is 19.8 Å². The number of carboxylic acids is 2. The second-order valence-corrected chi connectivity index (χ2v) is 10.5. The summed E-state index contributed by atoms with van der Waals surface area (Å²) in [4.78, 5) is 20.8. The van der Waals surface area contributed by atoms with E-state index in [0.29, 0.717) is 5.56 Å². The van der Waals surface area contributed by atoms with Crippen molar-refractivity contribution in [2.45, 2.75) is 169 Å². The van der Waals surface area contributed by atoms with Crippen LogP contribution in [0.1, 0.15) is 178 Å². The first-order valence-corrected chi connectivity index (χ1v) is 16.4. The van der Waals surface area contributed by atoms with Crippen molar-refractivity contribution in [2.75, 3.05) is 0 Å². The molecule has 0 aliphatic rings. The van der Waals surface area contributed by atoms with Gasteiger partial charge in [0.25, 0.3) is 0 Å². The van der Waals surface area contributed by atoms with Gasteiger partial charge < -0.3 is 19.8 Å². The van der Waals surface area contributed by atoms with E-state index in [1.165, 1.54) is 96.3 Å². The molecule has 41 heavy (non-hydrogen) atoms. The summed E-state index contributed by atoms with van der Waals surface area (Å²) >= 11 is 0. The normalized spacial score (nSPS) is 9.61. The maximum atomic E-state index is 10.6. The number of unbranched alkanes of at least 4 members (excludes halogenated alkanes) is 16. The molecule has 0 saturated heterocycles. The number of carboxylic acid groups (broad SMARTS) is 2. The smallest absolute Gasteiger partial charge is 0.550 e. The fourth-order valence-electron chi connectivity index (χ4n) is 3.85. The Kier molecular flexibility index (Phi) is 47.0. The largest absolute Gasteiger partial charge is 2.00 e. The average molecular weight is 680 g/mol. The molecule has 0 amide bonds. The summed E-state index contributed by atoms with van der Waals surface area (Å²) in [5.74, 6) is -1.99. The van der Waals surface area contributed by atoms with Crippen LogP contribution in [0.5, 0.6) is 0 Å². The number of hydrogen-bond acceptors (Lipinski definition) is 4. The summed E-state index contributed by atoms with van der Waals surface area (Å²) in [6.07, 6.45) is 26.2. The predicted molar refractivity (Wildman–Crippen MR) is 176 cm³/mol. The summed E-state index contributed by atoms with van der Waals surface area (Å²) in [5.41, 5.74) is 1.18. The van der Waals surface area contributed by atoms with Gasteiger partial charge in [-0.1, -0.05) is 188 Å². The van der Waals surface area contributed by atoms with E-state index < -0.39 is 11.9 Å². The second-order valence-electron chi connectivity index (χ2n) is 10.5. The van der Waals surface area contributed by atoms with E-state index in [2.05, 4.69) is 34.6 Å². The van der Waals surface area contributed by atoms with Gasteiger partial charge in [0.15, 0.2) is 0 Å². The standard InChI is InChI=1S/C18H36O2.C10H12O2.2C4H9.Sn/c1-2-3-4-5-6-7-8-9-10-11-12-13-14-15-16-17-18(19)20;1-2-5-8-6-3-4-7-9(8)10(11)12;2*1-3-4-2;/h2-17H2,1H3,(H,19,20);3-4,6-7H,2,5H2,1H3,(H,11,12);2*1,3-4H2,2H3;/q;;;;+2/p-2. The Balaban J connectivity index is -0.000000274. The number of aromatic carboxylic acids is 1. The maximum Gasteiger partial charge on any atom is 2.00 e. The quantitative estimate of drug-likeness (QED) is 0.0961. The van der Waals surface area contributed by atoms with Crippen LogP contribution in [-0.4, -0.2) is 35.8 Å². The Morgan fingerprint density at radius 1 is 0.585 bits per heavy atom. The molecule has 0 unspecified atom stereocenters. The van der Waals surface area contributed by atoms with Gasteiger partial charge >= 0.3 is 23.9 Å². The molecule has 0 spiro atoms. The molecule has 4 radical (unpaired) electrons. The van der Waals surface area contributed by atoms with Crippen LogP contribution in [0.4, 0.5) is 0 Å². The number of rotatable bonds is 21. The first-order valence-electron chi connectivity index (χ1n) is 16.4. The van der Waals surface area contributed by atoms with Crippen LogP contribution < -0.4 is 10.2 Å². The van der Waals surface area contributed by atoms with E-state index in [9.17, 15) is 19.8 Å². The third kappa shape index (κ3) is 41.2. The van der Waals surface area contributed by atoms with E-state index in [1.807, 2.05) is 19.1 Å². The van der Waals surface area contributed by atoms with Gasteiger partial charge in [0, 0.05) is 11.5 Å². The summed E-state index contributed by atoms with van der Waals surface area (Å²) < 4.78 is 0. The van der Waals surface area contributed by atoms with Crippen LogP contribution >= 0.6 is 0 Å². The molecule has 236 valence electrons. The molecule has 1 aromatic carbocycles. The topological polar surface area (TPSA) is 80.3 Å². The van der Waals surface area contributed by atoms with E-state index in [4.69, 9.17) is 0 Å². The van der Waals surface area contributed by atoms with E-state index in [-0.39, 0.29) is 30.3 Å². The Morgan fingerprint density at radius 3 is 1.27 bits per heavy atom. The van der Waals surface area contributed by atoms with Gasteiger partial charge in [0.1, 0.15) is 0 Å². The molecule has 1 aromatic rings. The number of benzene rings is 1. The van der Waals surface area contributed by atoms with Gasteiger partial charge in [-0.25, -0.2) is 0 Å².